The molecule has 0 bridgehead atoms. The zero-order valence-electron chi connectivity index (χ0n) is 10.3. The Balaban J connectivity index is 2.31. The molecule has 1 aromatic rings. The first-order valence-electron chi connectivity index (χ1n) is 5.75. The Morgan fingerprint density at radius 1 is 1.63 bits per heavy atom. The molecule has 1 unspecified atom stereocenters. The molecule has 2 rings (SSSR count). The highest BCUT2D eigenvalue weighted by atomic mass is 32.2. The lowest BCUT2D eigenvalue weighted by Crippen LogP contribution is -2.41. The van der Waals surface area contributed by atoms with Crippen LogP contribution >= 0.6 is 23.1 Å². The average molecular weight is 322 g/mol. The predicted molar refractivity (Wildman–Crippen MR) is 74.4 cm³/mol. The number of thiazole rings is 1. The minimum Gasteiger partial charge on any atom is -0.476 e. The van der Waals surface area contributed by atoms with Gasteiger partial charge < -0.3 is 5.11 Å². The number of carboxylic acids is 1. The van der Waals surface area contributed by atoms with Gasteiger partial charge in [-0.15, -0.1) is 11.3 Å². The zero-order chi connectivity index (χ0) is 14.0. The van der Waals surface area contributed by atoms with E-state index < -0.39 is 16.0 Å². The van der Waals surface area contributed by atoms with Gasteiger partial charge >= 0.3 is 5.97 Å². The van der Waals surface area contributed by atoms with Crippen LogP contribution in [-0.2, 0) is 10.0 Å². The van der Waals surface area contributed by atoms with Crippen molar-refractivity contribution in [3.8, 4) is 0 Å². The summed E-state index contributed by atoms with van der Waals surface area (Å²) in [6.45, 7) is 2.87. The minimum absolute atomic E-state index is 0.165. The number of carbonyl (C=O) groups is 1. The normalized spacial score (nSPS) is 21.4. The van der Waals surface area contributed by atoms with Crippen molar-refractivity contribution in [3.63, 3.8) is 0 Å². The van der Waals surface area contributed by atoms with Crippen molar-refractivity contribution in [2.45, 2.75) is 22.8 Å². The van der Waals surface area contributed by atoms with Gasteiger partial charge in [-0.2, -0.15) is 16.1 Å². The van der Waals surface area contributed by atoms with E-state index in [0.717, 1.165) is 23.5 Å². The SMILES string of the molecule is CCC1CN(S(=O)(=O)c2scnc2C(=O)O)CCS1. The smallest absolute Gasteiger partial charge is 0.356 e. The van der Waals surface area contributed by atoms with Gasteiger partial charge in [0, 0.05) is 24.1 Å². The lowest BCUT2D eigenvalue weighted by molar-refractivity contribution is 0.0687. The largest absolute Gasteiger partial charge is 0.476 e. The van der Waals surface area contributed by atoms with E-state index in [1.165, 1.54) is 9.82 Å². The van der Waals surface area contributed by atoms with E-state index in [9.17, 15) is 13.2 Å². The number of aromatic carboxylic acids is 1. The number of rotatable bonds is 4. The molecule has 1 atom stereocenters. The Labute approximate surface area is 119 Å². The molecule has 0 aliphatic carbocycles. The lowest BCUT2D eigenvalue weighted by atomic mass is 10.3. The fraction of sp³-hybridized carbons (Fsp3) is 0.600. The van der Waals surface area contributed by atoms with Gasteiger partial charge in [0.15, 0.2) is 9.90 Å². The summed E-state index contributed by atoms with van der Waals surface area (Å²) < 4.78 is 26.1. The van der Waals surface area contributed by atoms with E-state index >= 15 is 0 Å². The van der Waals surface area contributed by atoms with Crippen LogP contribution in [-0.4, -0.2) is 52.9 Å². The summed E-state index contributed by atoms with van der Waals surface area (Å²) in [6.07, 6.45) is 0.894. The van der Waals surface area contributed by atoms with Crippen molar-refractivity contribution in [2.24, 2.45) is 0 Å². The minimum atomic E-state index is -3.74. The van der Waals surface area contributed by atoms with Crippen LogP contribution in [0.25, 0.3) is 0 Å². The quantitative estimate of drug-likeness (QED) is 0.900. The highest BCUT2D eigenvalue weighted by Gasteiger charge is 2.34. The van der Waals surface area contributed by atoms with Gasteiger partial charge in [0.2, 0.25) is 0 Å². The van der Waals surface area contributed by atoms with Crippen LogP contribution in [0.3, 0.4) is 0 Å². The Morgan fingerprint density at radius 3 is 3.00 bits per heavy atom. The Hall–Kier alpha value is -0.640. The number of aromatic nitrogens is 1. The van der Waals surface area contributed by atoms with Crippen LogP contribution in [0.2, 0.25) is 0 Å². The first kappa shape index (κ1) is 14.8. The molecule has 1 aliphatic heterocycles. The first-order valence-corrected chi connectivity index (χ1v) is 9.12. The maximum atomic E-state index is 12.5. The third kappa shape index (κ3) is 2.93. The highest BCUT2D eigenvalue weighted by Crippen LogP contribution is 2.29. The molecule has 0 radical (unpaired) electrons. The predicted octanol–water partition coefficient (Wildman–Crippen LogP) is 1.36. The number of nitrogens with zero attached hydrogens (tertiary/aromatic N) is 2. The van der Waals surface area contributed by atoms with E-state index in [1.807, 2.05) is 6.92 Å². The molecule has 106 valence electrons. The maximum Gasteiger partial charge on any atom is 0.356 e. The molecule has 1 fully saturated rings. The fourth-order valence-electron chi connectivity index (χ4n) is 1.84. The second-order valence-electron chi connectivity index (χ2n) is 4.06. The Bertz CT molecular complexity index is 569. The molecule has 6 nitrogen and oxygen atoms in total. The summed E-state index contributed by atoms with van der Waals surface area (Å²) in [6, 6.07) is 0. The number of hydrogen-bond donors (Lipinski definition) is 1. The summed E-state index contributed by atoms with van der Waals surface area (Å²) in [4.78, 5) is 14.6. The lowest BCUT2D eigenvalue weighted by Gasteiger charge is -2.30. The third-order valence-electron chi connectivity index (χ3n) is 2.87. The molecule has 0 aromatic carbocycles. The van der Waals surface area contributed by atoms with Crippen molar-refractivity contribution >= 4 is 39.1 Å². The summed E-state index contributed by atoms with van der Waals surface area (Å²) in [5.41, 5.74) is 0.878. The van der Waals surface area contributed by atoms with E-state index in [4.69, 9.17) is 5.11 Å². The van der Waals surface area contributed by atoms with Crippen molar-refractivity contribution in [1.82, 2.24) is 9.29 Å². The van der Waals surface area contributed by atoms with Crippen molar-refractivity contribution in [1.29, 1.82) is 0 Å². The van der Waals surface area contributed by atoms with Gasteiger partial charge in [-0.3, -0.25) is 0 Å². The average Bonchev–Trinajstić information content (AvgIpc) is 2.89. The van der Waals surface area contributed by atoms with Gasteiger partial charge in [0.1, 0.15) is 0 Å². The van der Waals surface area contributed by atoms with Gasteiger partial charge in [0.25, 0.3) is 10.0 Å². The van der Waals surface area contributed by atoms with Crippen molar-refractivity contribution in [3.05, 3.63) is 11.2 Å². The van der Waals surface area contributed by atoms with Gasteiger partial charge in [-0.1, -0.05) is 6.92 Å². The topological polar surface area (TPSA) is 87.6 Å². The molecular weight excluding hydrogens is 308 g/mol. The first-order chi connectivity index (χ1) is 8.96. The molecule has 9 heteroatoms. The Morgan fingerprint density at radius 2 is 2.37 bits per heavy atom. The van der Waals surface area contributed by atoms with Crippen LogP contribution in [0.5, 0.6) is 0 Å². The van der Waals surface area contributed by atoms with Crippen LogP contribution in [0.4, 0.5) is 0 Å². The third-order valence-corrected chi connectivity index (χ3v) is 7.45. The van der Waals surface area contributed by atoms with E-state index in [2.05, 4.69) is 4.98 Å². The van der Waals surface area contributed by atoms with E-state index in [0.29, 0.717) is 13.1 Å². The van der Waals surface area contributed by atoms with Crippen LogP contribution in [0.1, 0.15) is 23.8 Å². The number of hydrogen-bond acceptors (Lipinski definition) is 6. The Kier molecular flexibility index (Phi) is 4.49. The standard InChI is InChI=1S/C10H14N2O4S3/c1-2-7-5-12(3-4-17-7)19(15,16)10-8(9(13)14)11-6-18-10/h6-7H,2-5H2,1H3,(H,13,14). The molecule has 0 saturated carbocycles. The fourth-order valence-corrected chi connectivity index (χ4v) is 5.99. The molecule has 1 N–H and O–H groups in total. The van der Waals surface area contributed by atoms with E-state index in [-0.39, 0.29) is 15.2 Å². The second kappa shape index (κ2) is 5.78. The monoisotopic (exact) mass is 322 g/mol. The zero-order valence-corrected chi connectivity index (χ0v) is 12.7. The molecule has 2 heterocycles. The van der Waals surface area contributed by atoms with Crippen molar-refractivity contribution < 1.29 is 18.3 Å². The number of thioether (sulfide) groups is 1. The van der Waals surface area contributed by atoms with Gasteiger partial charge in [0.05, 0.1) is 5.51 Å². The molecule has 1 aliphatic rings. The molecule has 0 spiro atoms. The molecular formula is C10H14N2O4S3. The molecule has 0 amide bonds. The van der Waals surface area contributed by atoms with Crippen molar-refractivity contribution in [2.75, 3.05) is 18.8 Å². The van der Waals surface area contributed by atoms with Gasteiger partial charge in [-0.05, 0) is 6.42 Å². The summed E-state index contributed by atoms with van der Waals surface area (Å²) in [7, 11) is -3.74. The van der Waals surface area contributed by atoms with Crippen LogP contribution < -0.4 is 0 Å². The highest BCUT2D eigenvalue weighted by molar-refractivity contribution is 8.00. The summed E-state index contributed by atoms with van der Waals surface area (Å²) in [5.74, 6) is -0.572. The second-order valence-corrected chi connectivity index (χ2v) is 8.45. The maximum absolute atomic E-state index is 12.5. The number of carboxylic acid groups (broad SMARTS) is 1. The molecule has 1 aromatic heterocycles. The van der Waals surface area contributed by atoms with Crippen LogP contribution in [0, 0.1) is 0 Å². The molecule has 1 saturated heterocycles. The molecule has 19 heavy (non-hydrogen) atoms. The summed E-state index contributed by atoms with van der Waals surface area (Å²) >= 11 is 2.62. The number of sulfonamides is 1. The summed E-state index contributed by atoms with van der Waals surface area (Å²) in [5, 5.41) is 9.24. The van der Waals surface area contributed by atoms with Gasteiger partial charge in [-0.25, -0.2) is 18.2 Å². The van der Waals surface area contributed by atoms with Crippen LogP contribution in [0.15, 0.2) is 9.72 Å². The van der Waals surface area contributed by atoms with E-state index in [1.54, 1.807) is 11.8 Å².